The first-order chi connectivity index (χ1) is 14.6. The molecule has 8 heteroatoms. The summed E-state index contributed by atoms with van der Waals surface area (Å²) in [5.74, 6) is 2.62. The van der Waals surface area contributed by atoms with Crippen molar-refractivity contribution in [3.05, 3.63) is 72.3 Å². The van der Waals surface area contributed by atoms with Crippen molar-refractivity contribution in [1.29, 1.82) is 0 Å². The van der Waals surface area contributed by atoms with Crippen LogP contribution in [0.25, 0.3) is 0 Å². The number of hydrogen-bond acceptors (Lipinski definition) is 3. The van der Waals surface area contributed by atoms with Gasteiger partial charge in [0.05, 0.1) is 12.4 Å². The highest BCUT2D eigenvalue weighted by atomic mass is 127. The van der Waals surface area contributed by atoms with Gasteiger partial charge in [-0.2, -0.15) is 0 Å². The Morgan fingerprint density at radius 3 is 2.77 bits per heavy atom. The summed E-state index contributed by atoms with van der Waals surface area (Å²) in [5, 5.41) is 3.57. The van der Waals surface area contributed by atoms with E-state index < -0.39 is 0 Å². The Balaban J connectivity index is 0.00000272. The molecule has 0 spiro atoms. The highest BCUT2D eigenvalue weighted by Gasteiger charge is 2.28. The topological polar surface area (TPSA) is 63.3 Å². The number of guanidine groups is 1. The van der Waals surface area contributed by atoms with Crippen LogP contribution in [0.1, 0.15) is 36.3 Å². The first-order valence-corrected chi connectivity index (χ1v) is 10.6. The largest absolute Gasteiger partial charge is 0.352 e. The fourth-order valence-corrected chi connectivity index (χ4v) is 4.21. The quantitative estimate of drug-likeness (QED) is 0.309. The number of nitrogens with zero attached hydrogens (tertiary/aromatic N) is 6. The van der Waals surface area contributed by atoms with E-state index in [-0.39, 0.29) is 24.0 Å². The zero-order valence-electron chi connectivity index (χ0n) is 18.5. The lowest BCUT2D eigenvalue weighted by Gasteiger charge is -2.39. The lowest BCUT2D eigenvalue weighted by molar-refractivity contribution is 0.189. The molecule has 3 heterocycles. The third-order valence-corrected chi connectivity index (χ3v) is 6.06. The summed E-state index contributed by atoms with van der Waals surface area (Å²) in [7, 11) is 1.87. The van der Waals surface area contributed by atoms with Gasteiger partial charge in [0.2, 0.25) is 0 Å². The highest BCUT2D eigenvalue weighted by Crippen LogP contribution is 2.27. The summed E-state index contributed by atoms with van der Waals surface area (Å²) in [6.07, 6.45) is 10.9. The minimum Gasteiger partial charge on any atom is -0.352 e. The van der Waals surface area contributed by atoms with Gasteiger partial charge in [-0.25, -0.2) is 9.97 Å². The maximum Gasteiger partial charge on any atom is 0.193 e. The minimum absolute atomic E-state index is 0. The van der Waals surface area contributed by atoms with Gasteiger partial charge in [-0.3, -0.25) is 4.99 Å². The van der Waals surface area contributed by atoms with Crippen LogP contribution in [-0.4, -0.2) is 50.1 Å². The normalized spacial score (nSPS) is 19.2. The molecule has 2 atom stereocenters. The Morgan fingerprint density at radius 2 is 2.06 bits per heavy atom. The summed E-state index contributed by atoms with van der Waals surface area (Å²) in [6.45, 7) is 7.91. The second kappa shape index (κ2) is 10.8. The van der Waals surface area contributed by atoms with Gasteiger partial charge >= 0.3 is 0 Å². The lowest BCUT2D eigenvalue weighted by Crippen LogP contribution is -2.48. The zero-order valence-corrected chi connectivity index (χ0v) is 20.8. The number of benzene rings is 1. The summed E-state index contributed by atoms with van der Waals surface area (Å²) in [6, 6.07) is 9.13. The van der Waals surface area contributed by atoms with Gasteiger partial charge in [-0.1, -0.05) is 31.2 Å². The van der Waals surface area contributed by atoms with Crippen molar-refractivity contribution in [3.63, 3.8) is 0 Å². The van der Waals surface area contributed by atoms with Crippen LogP contribution in [0.4, 0.5) is 0 Å². The third kappa shape index (κ3) is 5.66. The number of aryl methyl sites for hydroxylation is 1. The highest BCUT2D eigenvalue weighted by molar-refractivity contribution is 14.0. The van der Waals surface area contributed by atoms with Crippen molar-refractivity contribution < 1.29 is 0 Å². The van der Waals surface area contributed by atoms with E-state index in [9.17, 15) is 0 Å². The van der Waals surface area contributed by atoms with E-state index >= 15 is 0 Å². The molecule has 166 valence electrons. The molecule has 1 aromatic carbocycles. The third-order valence-electron chi connectivity index (χ3n) is 6.06. The summed E-state index contributed by atoms with van der Waals surface area (Å²) in [4.78, 5) is 15.5. The van der Waals surface area contributed by atoms with Crippen LogP contribution in [-0.2, 0) is 13.1 Å². The molecule has 2 aromatic heterocycles. The molecule has 1 saturated heterocycles. The van der Waals surface area contributed by atoms with E-state index in [0.29, 0.717) is 12.0 Å². The summed E-state index contributed by atoms with van der Waals surface area (Å²) >= 11 is 0. The molecule has 1 aliphatic rings. The van der Waals surface area contributed by atoms with Crippen molar-refractivity contribution in [3.8, 4) is 0 Å². The summed E-state index contributed by atoms with van der Waals surface area (Å²) < 4.78 is 4.39. The van der Waals surface area contributed by atoms with Gasteiger partial charge in [0.25, 0.3) is 0 Å². The molecule has 3 aromatic rings. The molecule has 0 aliphatic carbocycles. The van der Waals surface area contributed by atoms with Crippen molar-refractivity contribution in [2.24, 2.45) is 10.9 Å². The Morgan fingerprint density at radius 1 is 1.23 bits per heavy atom. The first-order valence-electron chi connectivity index (χ1n) is 10.6. The monoisotopic (exact) mass is 533 g/mol. The molecule has 31 heavy (non-hydrogen) atoms. The van der Waals surface area contributed by atoms with Crippen molar-refractivity contribution in [1.82, 2.24) is 29.3 Å². The maximum atomic E-state index is 4.56. The van der Waals surface area contributed by atoms with Gasteiger partial charge in [0.1, 0.15) is 5.82 Å². The minimum atomic E-state index is 0. The molecule has 0 radical (unpaired) electrons. The number of imidazole rings is 2. The SMILES string of the molecule is CN=C(NCc1cccc(Cn2ccnc2C)c1)N1CCC(C)C(n2ccnc2)C1.I. The average Bonchev–Trinajstić information content (AvgIpc) is 3.42. The van der Waals surface area contributed by atoms with E-state index in [2.05, 4.69) is 71.7 Å². The Kier molecular flexibility index (Phi) is 8.11. The number of hydrogen-bond donors (Lipinski definition) is 1. The Bertz CT molecular complexity index is 979. The van der Waals surface area contributed by atoms with Crippen LogP contribution >= 0.6 is 24.0 Å². The number of piperidine rings is 1. The fraction of sp³-hybridized carbons (Fsp3) is 0.435. The average molecular weight is 533 g/mol. The Hall–Kier alpha value is -2.36. The van der Waals surface area contributed by atoms with Crippen LogP contribution in [0.15, 0.2) is 60.4 Å². The summed E-state index contributed by atoms with van der Waals surface area (Å²) in [5.41, 5.74) is 2.53. The van der Waals surface area contributed by atoms with Crippen molar-refractivity contribution in [2.75, 3.05) is 20.1 Å². The number of aromatic nitrogens is 4. The van der Waals surface area contributed by atoms with E-state index in [1.54, 1.807) is 0 Å². The molecule has 0 amide bonds. The number of rotatable bonds is 5. The lowest BCUT2D eigenvalue weighted by atomic mass is 9.93. The molecule has 0 saturated carbocycles. The van der Waals surface area contributed by atoms with Gasteiger partial charge in [0, 0.05) is 58.0 Å². The first kappa shape index (κ1) is 23.3. The van der Waals surface area contributed by atoms with Crippen molar-refractivity contribution >= 4 is 29.9 Å². The van der Waals surface area contributed by atoms with Crippen LogP contribution in [0.2, 0.25) is 0 Å². The second-order valence-electron chi connectivity index (χ2n) is 8.11. The zero-order chi connectivity index (χ0) is 20.9. The standard InChI is InChI=1S/C23H31N7.HI/c1-18-7-10-29(16-22(18)30-11-8-25-17-30)23(24-3)27-14-20-5-4-6-21(13-20)15-28-12-9-26-19(28)2;/h4-6,8-9,11-13,17-18,22H,7,10,14-16H2,1-3H3,(H,24,27);1H. The predicted molar refractivity (Wildman–Crippen MR) is 135 cm³/mol. The molecule has 0 bridgehead atoms. The van der Waals surface area contributed by atoms with E-state index in [0.717, 1.165) is 44.4 Å². The maximum absolute atomic E-state index is 4.56. The molecule has 1 fully saturated rings. The number of halogens is 1. The number of likely N-dealkylation sites (tertiary alicyclic amines) is 1. The molecule has 4 rings (SSSR count). The smallest absolute Gasteiger partial charge is 0.193 e. The van der Waals surface area contributed by atoms with E-state index in [1.807, 2.05) is 38.9 Å². The molecule has 2 unspecified atom stereocenters. The number of nitrogens with one attached hydrogen (secondary N) is 1. The van der Waals surface area contributed by atoms with Gasteiger partial charge in [-0.05, 0) is 30.4 Å². The van der Waals surface area contributed by atoms with Crippen molar-refractivity contribution in [2.45, 2.75) is 39.4 Å². The van der Waals surface area contributed by atoms with Gasteiger partial charge < -0.3 is 19.4 Å². The molecular weight excluding hydrogens is 501 g/mol. The van der Waals surface area contributed by atoms with Crippen LogP contribution in [0.3, 0.4) is 0 Å². The van der Waals surface area contributed by atoms with E-state index in [1.165, 1.54) is 11.1 Å². The van der Waals surface area contributed by atoms with E-state index in [4.69, 9.17) is 0 Å². The molecule has 1 N–H and O–H groups in total. The molecule has 7 nitrogen and oxygen atoms in total. The fourth-order valence-electron chi connectivity index (χ4n) is 4.21. The number of aliphatic imine (C=N–C) groups is 1. The Labute approximate surface area is 201 Å². The molecular formula is C23H32IN7. The van der Waals surface area contributed by atoms with Gasteiger partial charge in [0.15, 0.2) is 5.96 Å². The predicted octanol–water partition coefficient (Wildman–Crippen LogP) is 3.71. The molecule has 1 aliphatic heterocycles. The second-order valence-corrected chi connectivity index (χ2v) is 8.11. The van der Waals surface area contributed by atoms with Crippen LogP contribution < -0.4 is 5.32 Å². The van der Waals surface area contributed by atoms with Crippen LogP contribution in [0.5, 0.6) is 0 Å². The van der Waals surface area contributed by atoms with Gasteiger partial charge in [-0.15, -0.1) is 24.0 Å². The van der Waals surface area contributed by atoms with Crippen LogP contribution in [0, 0.1) is 12.8 Å².